The lowest BCUT2D eigenvalue weighted by molar-refractivity contribution is -0.116. The van der Waals surface area contributed by atoms with Crippen molar-refractivity contribution in [2.24, 2.45) is 5.73 Å². The van der Waals surface area contributed by atoms with Gasteiger partial charge in [-0.1, -0.05) is 30.0 Å². The molecule has 0 spiro atoms. The van der Waals surface area contributed by atoms with E-state index >= 15 is 0 Å². The quantitative estimate of drug-likeness (QED) is 0.888. The number of carbonyl (C=O) groups excluding carboxylic acids is 1. The standard InChI is InChI=1S/C16H16N2OS/c1-9-3-4-10(2)14(7-9)20-11-5-6-12-13(8-11)18-16(19)15(12)17/h3-8,15H,17H2,1-2H3,(H,18,19). The zero-order valence-corrected chi connectivity index (χ0v) is 12.3. The lowest BCUT2D eigenvalue weighted by Gasteiger charge is -2.08. The summed E-state index contributed by atoms with van der Waals surface area (Å²) in [6.07, 6.45) is 0. The molecular weight excluding hydrogens is 268 g/mol. The summed E-state index contributed by atoms with van der Waals surface area (Å²) >= 11 is 1.70. The SMILES string of the molecule is Cc1ccc(C)c(Sc2ccc3c(c2)NC(=O)C3N)c1. The van der Waals surface area contributed by atoms with E-state index in [0.29, 0.717) is 0 Å². The molecular formula is C16H16N2OS. The minimum Gasteiger partial charge on any atom is -0.324 e. The Morgan fingerprint density at radius 1 is 1.15 bits per heavy atom. The fourth-order valence-corrected chi connectivity index (χ4v) is 3.31. The van der Waals surface area contributed by atoms with Crippen LogP contribution in [-0.4, -0.2) is 5.91 Å². The van der Waals surface area contributed by atoms with Crippen molar-refractivity contribution in [3.63, 3.8) is 0 Å². The molecule has 3 N–H and O–H groups in total. The van der Waals surface area contributed by atoms with Gasteiger partial charge in [0, 0.05) is 21.0 Å². The Labute approximate surface area is 122 Å². The molecule has 0 saturated carbocycles. The third-order valence-electron chi connectivity index (χ3n) is 3.47. The van der Waals surface area contributed by atoms with E-state index in [1.54, 1.807) is 11.8 Å². The molecule has 3 nitrogen and oxygen atoms in total. The number of nitrogens with one attached hydrogen (secondary N) is 1. The molecule has 0 fully saturated rings. The van der Waals surface area contributed by atoms with Crippen molar-refractivity contribution in [2.45, 2.75) is 29.7 Å². The van der Waals surface area contributed by atoms with Gasteiger partial charge in [0.1, 0.15) is 6.04 Å². The summed E-state index contributed by atoms with van der Waals surface area (Å²) in [5, 5.41) is 2.82. The van der Waals surface area contributed by atoms with Crippen molar-refractivity contribution in [3.8, 4) is 0 Å². The minimum absolute atomic E-state index is 0.131. The molecule has 1 aliphatic rings. The number of carbonyl (C=O) groups is 1. The lowest BCUT2D eigenvalue weighted by Crippen LogP contribution is -2.19. The predicted molar refractivity (Wildman–Crippen MR) is 82.0 cm³/mol. The Bertz CT molecular complexity index is 697. The second-order valence-corrected chi connectivity index (χ2v) is 6.20. The summed E-state index contributed by atoms with van der Waals surface area (Å²) in [7, 11) is 0. The fourth-order valence-electron chi connectivity index (χ4n) is 2.27. The van der Waals surface area contributed by atoms with E-state index < -0.39 is 6.04 Å². The average molecular weight is 284 g/mol. The summed E-state index contributed by atoms with van der Waals surface area (Å²) in [5.74, 6) is -0.131. The first-order chi connectivity index (χ1) is 9.54. The molecule has 3 rings (SSSR count). The summed E-state index contributed by atoms with van der Waals surface area (Å²) < 4.78 is 0. The number of benzene rings is 2. The van der Waals surface area contributed by atoms with Gasteiger partial charge in [-0.15, -0.1) is 0 Å². The third kappa shape index (κ3) is 2.32. The lowest BCUT2D eigenvalue weighted by atomic mass is 10.1. The van der Waals surface area contributed by atoms with Gasteiger partial charge in [-0.3, -0.25) is 4.79 Å². The maximum Gasteiger partial charge on any atom is 0.245 e. The Balaban J connectivity index is 1.92. The maximum atomic E-state index is 11.6. The average Bonchev–Trinajstić information content (AvgIpc) is 2.69. The Morgan fingerprint density at radius 2 is 1.95 bits per heavy atom. The summed E-state index contributed by atoms with van der Waals surface area (Å²) in [4.78, 5) is 13.9. The number of anilines is 1. The minimum atomic E-state index is -0.537. The number of hydrogen-bond acceptors (Lipinski definition) is 3. The van der Waals surface area contributed by atoms with Crippen molar-refractivity contribution in [1.82, 2.24) is 0 Å². The van der Waals surface area contributed by atoms with Gasteiger partial charge in [0.2, 0.25) is 5.91 Å². The molecule has 1 heterocycles. The van der Waals surface area contributed by atoms with Crippen molar-refractivity contribution in [2.75, 3.05) is 5.32 Å². The first-order valence-electron chi connectivity index (χ1n) is 6.50. The van der Waals surface area contributed by atoms with Crippen molar-refractivity contribution >= 4 is 23.4 Å². The highest BCUT2D eigenvalue weighted by molar-refractivity contribution is 7.99. The van der Waals surface area contributed by atoms with Crippen LogP contribution in [-0.2, 0) is 4.79 Å². The molecule has 0 aliphatic carbocycles. The van der Waals surface area contributed by atoms with Crippen LogP contribution in [0.1, 0.15) is 22.7 Å². The molecule has 0 saturated heterocycles. The van der Waals surface area contributed by atoms with E-state index in [9.17, 15) is 4.79 Å². The second kappa shape index (κ2) is 4.96. The highest BCUT2D eigenvalue weighted by Crippen LogP contribution is 2.36. The molecule has 1 atom stereocenters. The van der Waals surface area contributed by atoms with Crippen LogP contribution in [0.15, 0.2) is 46.2 Å². The highest BCUT2D eigenvalue weighted by atomic mass is 32.2. The van der Waals surface area contributed by atoms with Crippen LogP contribution < -0.4 is 11.1 Å². The number of amides is 1. The first-order valence-corrected chi connectivity index (χ1v) is 7.32. The van der Waals surface area contributed by atoms with Crippen LogP contribution in [0.25, 0.3) is 0 Å². The molecule has 2 aromatic rings. The van der Waals surface area contributed by atoms with Crippen LogP contribution in [0.4, 0.5) is 5.69 Å². The second-order valence-electron chi connectivity index (χ2n) is 5.09. The predicted octanol–water partition coefficient (Wildman–Crippen LogP) is 3.41. The molecule has 1 unspecified atom stereocenters. The van der Waals surface area contributed by atoms with Gasteiger partial charge in [-0.25, -0.2) is 0 Å². The van der Waals surface area contributed by atoms with Gasteiger partial charge < -0.3 is 11.1 Å². The molecule has 2 aromatic carbocycles. The number of rotatable bonds is 2. The van der Waals surface area contributed by atoms with Crippen LogP contribution in [0.3, 0.4) is 0 Å². The van der Waals surface area contributed by atoms with Gasteiger partial charge in [0.15, 0.2) is 0 Å². The van der Waals surface area contributed by atoms with Crippen LogP contribution in [0.2, 0.25) is 0 Å². The van der Waals surface area contributed by atoms with Crippen molar-refractivity contribution < 1.29 is 4.79 Å². The van der Waals surface area contributed by atoms with Crippen LogP contribution in [0.5, 0.6) is 0 Å². The van der Waals surface area contributed by atoms with Crippen molar-refractivity contribution in [1.29, 1.82) is 0 Å². The molecule has 1 amide bonds. The van der Waals surface area contributed by atoms with E-state index in [-0.39, 0.29) is 5.91 Å². The molecule has 20 heavy (non-hydrogen) atoms. The summed E-state index contributed by atoms with van der Waals surface area (Å²) in [5.41, 5.74) is 10.0. The molecule has 1 aliphatic heterocycles. The number of hydrogen-bond donors (Lipinski definition) is 2. The maximum absolute atomic E-state index is 11.6. The van der Waals surface area contributed by atoms with E-state index in [0.717, 1.165) is 16.1 Å². The van der Waals surface area contributed by atoms with E-state index in [1.165, 1.54) is 16.0 Å². The Morgan fingerprint density at radius 3 is 2.75 bits per heavy atom. The van der Waals surface area contributed by atoms with E-state index in [2.05, 4.69) is 37.4 Å². The zero-order valence-electron chi connectivity index (χ0n) is 11.4. The van der Waals surface area contributed by atoms with Crippen LogP contribution in [0, 0.1) is 13.8 Å². The van der Waals surface area contributed by atoms with Crippen LogP contribution >= 0.6 is 11.8 Å². The first kappa shape index (κ1) is 13.2. The normalized spacial score (nSPS) is 16.9. The van der Waals surface area contributed by atoms with Gasteiger partial charge >= 0.3 is 0 Å². The molecule has 0 radical (unpaired) electrons. The number of aryl methyl sites for hydroxylation is 2. The third-order valence-corrected chi connectivity index (χ3v) is 4.62. The topological polar surface area (TPSA) is 55.1 Å². The zero-order chi connectivity index (χ0) is 14.3. The molecule has 4 heteroatoms. The molecule has 0 aromatic heterocycles. The summed E-state index contributed by atoms with van der Waals surface area (Å²) in [6.45, 7) is 4.19. The van der Waals surface area contributed by atoms with Gasteiger partial charge in [0.25, 0.3) is 0 Å². The molecule has 0 bridgehead atoms. The largest absolute Gasteiger partial charge is 0.324 e. The van der Waals surface area contributed by atoms with Gasteiger partial charge in [0.05, 0.1) is 0 Å². The monoisotopic (exact) mass is 284 g/mol. The van der Waals surface area contributed by atoms with E-state index in [1.807, 2.05) is 18.2 Å². The number of nitrogens with two attached hydrogens (primary N) is 1. The molecule has 102 valence electrons. The highest BCUT2D eigenvalue weighted by Gasteiger charge is 2.26. The Hall–Kier alpha value is -1.78. The summed E-state index contributed by atoms with van der Waals surface area (Å²) in [6, 6.07) is 11.8. The van der Waals surface area contributed by atoms with Gasteiger partial charge in [-0.05, 0) is 43.2 Å². The van der Waals surface area contributed by atoms with Crippen molar-refractivity contribution in [3.05, 3.63) is 53.1 Å². The van der Waals surface area contributed by atoms with E-state index in [4.69, 9.17) is 5.73 Å². The number of fused-ring (bicyclic) bond motifs is 1. The fraction of sp³-hybridized carbons (Fsp3) is 0.188. The van der Waals surface area contributed by atoms with Gasteiger partial charge in [-0.2, -0.15) is 0 Å². The Kier molecular flexibility index (Phi) is 3.28. The smallest absolute Gasteiger partial charge is 0.245 e.